The number of fused-ring (bicyclic) bond motifs is 3. The number of nitrogens with zero attached hydrogens (tertiary/aromatic N) is 2. The Morgan fingerprint density at radius 3 is 3.27 bits per heavy atom. The van der Waals surface area contributed by atoms with Gasteiger partial charge in [-0.1, -0.05) is 0 Å². The SMILES string of the molecule is CNc1ncc2c(n1)-c1ccsc1CS2. The van der Waals surface area contributed by atoms with Crippen molar-refractivity contribution in [3.8, 4) is 11.3 Å². The quantitative estimate of drug-likeness (QED) is 0.824. The van der Waals surface area contributed by atoms with Gasteiger partial charge in [0.15, 0.2) is 0 Å². The third-order valence-corrected chi connectivity index (χ3v) is 4.48. The largest absolute Gasteiger partial charge is 0.357 e. The van der Waals surface area contributed by atoms with Crippen LogP contribution in [0.3, 0.4) is 0 Å². The summed E-state index contributed by atoms with van der Waals surface area (Å²) in [4.78, 5) is 11.3. The fourth-order valence-electron chi connectivity index (χ4n) is 1.60. The van der Waals surface area contributed by atoms with Crippen LogP contribution in [-0.4, -0.2) is 17.0 Å². The Morgan fingerprint density at radius 2 is 2.40 bits per heavy atom. The summed E-state index contributed by atoms with van der Waals surface area (Å²) in [5.74, 6) is 1.73. The highest BCUT2D eigenvalue weighted by Gasteiger charge is 2.19. The van der Waals surface area contributed by atoms with Crippen LogP contribution in [-0.2, 0) is 5.75 Å². The normalized spacial score (nSPS) is 13.1. The topological polar surface area (TPSA) is 37.8 Å². The maximum atomic E-state index is 4.51. The minimum atomic E-state index is 0.688. The number of thiophene rings is 1. The highest BCUT2D eigenvalue weighted by atomic mass is 32.2. The minimum Gasteiger partial charge on any atom is -0.357 e. The van der Waals surface area contributed by atoms with Crippen molar-refractivity contribution < 1.29 is 0 Å². The number of hydrogen-bond acceptors (Lipinski definition) is 5. The molecular formula is C10H9N3S2. The lowest BCUT2D eigenvalue weighted by molar-refractivity contribution is 1.09. The summed E-state index contributed by atoms with van der Waals surface area (Å²) >= 11 is 3.61. The van der Waals surface area contributed by atoms with E-state index in [0.717, 1.165) is 11.4 Å². The van der Waals surface area contributed by atoms with Gasteiger partial charge >= 0.3 is 0 Å². The van der Waals surface area contributed by atoms with Crippen LogP contribution in [0, 0.1) is 0 Å². The van der Waals surface area contributed by atoms with E-state index in [1.807, 2.05) is 25.0 Å². The zero-order valence-electron chi connectivity index (χ0n) is 8.15. The fourth-order valence-corrected chi connectivity index (χ4v) is 3.57. The third kappa shape index (κ3) is 1.42. The molecule has 15 heavy (non-hydrogen) atoms. The summed E-state index contributed by atoms with van der Waals surface area (Å²) in [5, 5.41) is 5.10. The number of aromatic nitrogens is 2. The van der Waals surface area contributed by atoms with Crippen LogP contribution in [0.4, 0.5) is 5.95 Å². The molecule has 0 amide bonds. The van der Waals surface area contributed by atoms with Gasteiger partial charge in [-0.3, -0.25) is 0 Å². The molecule has 2 aromatic heterocycles. The molecular weight excluding hydrogens is 226 g/mol. The van der Waals surface area contributed by atoms with Crippen LogP contribution in [0.2, 0.25) is 0 Å². The van der Waals surface area contributed by atoms with E-state index >= 15 is 0 Å². The maximum absolute atomic E-state index is 4.51. The van der Waals surface area contributed by atoms with Crippen molar-refractivity contribution in [3.63, 3.8) is 0 Å². The van der Waals surface area contributed by atoms with Crippen LogP contribution in [0.15, 0.2) is 22.5 Å². The Hall–Kier alpha value is -1.07. The van der Waals surface area contributed by atoms with Crippen LogP contribution >= 0.6 is 23.1 Å². The van der Waals surface area contributed by atoms with E-state index in [9.17, 15) is 0 Å². The van der Waals surface area contributed by atoms with Gasteiger partial charge < -0.3 is 5.32 Å². The summed E-state index contributed by atoms with van der Waals surface area (Å²) < 4.78 is 0. The molecule has 0 aromatic carbocycles. The molecule has 0 unspecified atom stereocenters. The van der Waals surface area contributed by atoms with Gasteiger partial charge in [0, 0.05) is 29.4 Å². The Kier molecular flexibility index (Phi) is 2.14. The number of hydrogen-bond donors (Lipinski definition) is 1. The summed E-state index contributed by atoms with van der Waals surface area (Å²) in [6.07, 6.45) is 1.90. The summed E-state index contributed by atoms with van der Waals surface area (Å²) in [6, 6.07) is 2.14. The van der Waals surface area contributed by atoms with Gasteiger partial charge in [-0.25, -0.2) is 9.97 Å². The second-order valence-electron chi connectivity index (χ2n) is 3.20. The molecule has 0 aliphatic carbocycles. The first-order valence-corrected chi connectivity index (χ1v) is 6.49. The average Bonchev–Trinajstić information content (AvgIpc) is 2.76. The average molecular weight is 235 g/mol. The molecule has 3 rings (SSSR count). The van der Waals surface area contributed by atoms with Gasteiger partial charge in [-0.05, 0) is 11.4 Å². The first kappa shape index (κ1) is 9.18. The highest BCUT2D eigenvalue weighted by Crippen LogP contribution is 2.42. The molecule has 0 bridgehead atoms. The van der Waals surface area contributed by atoms with E-state index in [4.69, 9.17) is 0 Å². The summed E-state index contributed by atoms with van der Waals surface area (Å²) in [5.41, 5.74) is 2.34. The van der Waals surface area contributed by atoms with Crippen molar-refractivity contribution in [3.05, 3.63) is 22.5 Å². The van der Waals surface area contributed by atoms with Crippen molar-refractivity contribution in [2.45, 2.75) is 10.6 Å². The highest BCUT2D eigenvalue weighted by molar-refractivity contribution is 7.98. The zero-order chi connectivity index (χ0) is 10.3. The van der Waals surface area contributed by atoms with Gasteiger partial charge in [0.1, 0.15) is 0 Å². The van der Waals surface area contributed by atoms with Gasteiger partial charge in [0.05, 0.1) is 10.6 Å². The monoisotopic (exact) mass is 235 g/mol. The van der Waals surface area contributed by atoms with E-state index in [2.05, 4.69) is 26.7 Å². The van der Waals surface area contributed by atoms with Crippen LogP contribution in [0.1, 0.15) is 4.88 Å². The molecule has 5 heteroatoms. The first-order chi connectivity index (χ1) is 7.38. The molecule has 76 valence electrons. The molecule has 3 nitrogen and oxygen atoms in total. The van der Waals surface area contributed by atoms with Crippen LogP contribution in [0.5, 0.6) is 0 Å². The van der Waals surface area contributed by atoms with Crippen molar-refractivity contribution in [2.75, 3.05) is 12.4 Å². The second kappa shape index (κ2) is 3.50. The number of rotatable bonds is 1. The lowest BCUT2D eigenvalue weighted by atomic mass is 10.2. The van der Waals surface area contributed by atoms with Gasteiger partial charge in [0.25, 0.3) is 0 Å². The Balaban J connectivity index is 2.21. The molecule has 0 saturated carbocycles. The Bertz CT molecular complexity index is 507. The first-order valence-electron chi connectivity index (χ1n) is 4.63. The van der Waals surface area contributed by atoms with E-state index < -0.39 is 0 Å². The van der Waals surface area contributed by atoms with Gasteiger partial charge in [-0.15, -0.1) is 23.1 Å². The summed E-state index contributed by atoms with van der Waals surface area (Å²) in [7, 11) is 1.84. The van der Waals surface area contributed by atoms with Gasteiger partial charge in [-0.2, -0.15) is 0 Å². The van der Waals surface area contributed by atoms with E-state index in [1.54, 1.807) is 11.3 Å². The van der Waals surface area contributed by atoms with Crippen molar-refractivity contribution >= 4 is 29.0 Å². The van der Waals surface area contributed by atoms with E-state index in [0.29, 0.717) is 5.95 Å². The number of thioether (sulfide) groups is 1. The van der Waals surface area contributed by atoms with Crippen molar-refractivity contribution in [1.29, 1.82) is 0 Å². The lowest BCUT2D eigenvalue weighted by Gasteiger charge is -2.14. The molecule has 2 aromatic rings. The van der Waals surface area contributed by atoms with E-state index in [1.165, 1.54) is 15.3 Å². The third-order valence-electron chi connectivity index (χ3n) is 2.34. The standard InChI is InChI=1S/C10H9N3S2/c1-11-10-12-4-7-9(13-10)6-2-3-14-8(6)5-15-7/h2-4H,5H2,1H3,(H,11,12,13). The molecule has 1 aliphatic heterocycles. The molecule has 0 saturated heterocycles. The lowest BCUT2D eigenvalue weighted by Crippen LogP contribution is -2.01. The zero-order valence-corrected chi connectivity index (χ0v) is 9.78. The van der Waals surface area contributed by atoms with Crippen molar-refractivity contribution in [2.24, 2.45) is 0 Å². The molecule has 1 N–H and O–H groups in total. The second-order valence-corrected chi connectivity index (χ2v) is 5.22. The fraction of sp³-hybridized carbons (Fsp3) is 0.200. The molecule has 1 aliphatic rings. The molecule has 0 atom stereocenters. The smallest absolute Gasteiger partial charge is 0.223 e. The molecule has 0 radical (unpaired) electrons. The van der Waals surface area contributed by atoms with Crippen LogP contribution in [0.25, 0.3) is 11.3 Å². The molecule has 3 heterocycles. The molecule has 0 fully saturated rings. The van der Waals surface area contributed by atoms with Crippen LogP contribution < -0.4 is 5.32 Å². The summed E-state index contributed by atoms with van der Waals surface area (Å²) in [6.45, 7) is 0. The van der Waals surface area contributed by atoms with Gasteiger partial charge in [0.2, 0.25) is 5.95 Å². The predicted octanol–water partition coefficient (Wildman–Crippen LogP) is 2.85. The number of nitrogens with one attached hydrogen (secondary N) is 1. The Morgan fingerprint density at radius 1 is 1.47 bits per heavy atom. The van der Waals surface area contributed by atoms with E-state index in [-0.39, 0.29) is 0 Å². The molecule has 0 spiro atoms. The minimum absolute atomic E-state index is 0.688. The predicted molar refractivity (Wildman–Crippen MR) is 64.5 cm³/mol. The maximum Gasteiger partial charge on any atom is 0.223 e. The van der Waals surface area contributed by atoms with Crippen molar-refractivity contribution in [1.82, 2.24) is 9.97 Å². The Labute approximate surface area is 96.0 Å². The number of anilines is 1.